The van der Waals surface area contributed by atoms with Crippen molar-refractivity contribution in [2.24, 2.45) is 0 Å². The van der Waals surface area contributed by atoms with Crippen molar-refractivity contribution in [1.82, 2.24) is 4.98 Å². The Morgan fingerprint density at radius 3 is 2.91 bits per heavy atom. The first-order valence-corrected chi connectivity index (χ1v) is 3.06. The van der Waals surface area contributed by atoms with E-state index in [4.69, 9.17) is 0 Å². The molecule has 0 radical (unpaired) electrons. The molecule has 0 aromatic carbocycles. The number of aldehydes is 1. The Bertz CT molecular complexity index is 269. The molecule has 1 rings (SSSR count). The zero-order valence-electron chi connectivity index (χ0n) is 5.70. The Hall–Kier alpha value is -1.51. The van der Waals surface area contributed by atoms with E-state index in [1.54, 1.807) is 18.2 Å². The average Bonchev–Trinajstić information content (AvgIpc) is 2.06. The molecule has 0 aliphatic carbocycles. The van der Waals surface area contributed by atoms with Gasteiger partial charge >= 0.3 is 0 Å². The van der Waals surface area contributed by atoms with Crippen LogP contribution < -0.4 is 0 Å². The van der Waals surface area contributed by atoms with Crippen LogP contribution in [0.3, 0.4) is 0 Å². The highest BCUT2D eigenvalue weighted by Crippen LogP contribution is 2.01. The number of carbonyl (C=O) groups excluding carboxylic acids is 1. The van der Waals surface area contributed by atoms with Gasteiger partial charge in [0, 0.05) is 12.3 Å². The number of hydrogen-bond acceptors (Lipinski definition) is 2. The van der Waals surface area contributed by atoms with E-state index in [2.05, 4.69) is 4.98 Å². The molecule has 2 nitrogen and oxygen atoms in total. The lowest BCUT2D eigenvalue weighted by atomic mass is 10.3. The van der Waals surface area contributed by atoms with Gasteiger partial charge in [-0.1, -0.05) is 6.07 Å². The maximum atomic E-state index is 12.3. The third-order valence-electron chi connectivity index (χ3n) is 1.09. The fourth-order valence-corrected chi connectivity index (χ4v) is 0.637. The van der Waals surface area contributed by atoms with E-state index in [-0.39, 0.29) is 6.29 Å². The number of pyridine rings is 1. The maximum absolute atomic E-state index is 12.3. The average molecular weight is 151 g/mol. The Morgan fingerprint density at radius 1 is 1.55 bits per heavy atom. The number of halogens is 1. The summed E-state index contributed by atoms with van der Waals surface area (Å²) in [5.41, 5.74) is 0.442. The largest absolute Gasteiger partial charge is 0.295 e. The Balaban J connectivity index is 2.87. The van der Waals surface area contributed by atoms with Gasteiger partial charge in [-0.2, -0.15) is 0 Å². The first-order chi connectivity index (χ1) is 5.33. The normalized spacial score (nSPS) is 11.2. The van der Waals surface area contributed by atoms with Crippen molar-refractivity contribution < 1.29 is 9.18 Å². The predicted molar refractivity (Wildman–Crippen MR) is 39.4 cm³/mol. The van der Waals surface area contributed by atoms with Gasteiger partial charge in [-0.15, -0.1) is 0 Å². The summed E-state index contributed by atoms with van der Waals surface area (Å²) in [5.74, 6) is -0.816. The molecule has 0 amide bonds. The third-order valence-corrected chi connectivity index (χ3v) is 1.09. The van der Waals surface area contributed by atoms with Gasteiger partial charge in [0.05, 0.1) is 5.69 Å². The fraction of sp³-hybridized carbons (Fsp3) is 0. The molecule has 1 heterocycles. The van der Waals surface area contributed by atoms with Crippen molar-refractivity contribution in [1.29, 1.82) is 0 Å². The monoisotopic (exact) mass is 151 g/mol. The lowest BCUT2D eigenvalue weighted by Crippen LogP contribution is -1.79. The zero-order valence-corrected chi connectivity index (χ0v) is 5.70. The van der Waals surface area contributed by atoms with Gasteiger partial charge < -0.3 is 0 Å². The second-order valence-electron chi connectivity index (χ2n) is 1.90. The molecular weight excluding hydrogens is 145 g/mol. The number of rotatable bonds is 2. The molecule has 0 spiro atoms. The highest BCUT2D eigenvalue weighted by atomic mass is 19.1. The summed E-state index contributed by atoms with van der Waals surface area (Å²) in [6.07, 6.45) is 2.76. The summed E-state index contributed by atoms with van der Waals surface area (Å²) >= 11 is 0. The van der Waals surface area contributed by atoms with Crippen molar-refractivity contribution in [3.8, 4) is 0 Å². The molecule has 11 heavy (non-hydrogen) atoms. The summed E-state index contributed by atoms with van der Waals surface area (Å²) in [7, 11) is 0. The Morgan fingerprint density at radius 2 is 2.36 bits per heavy atom. The topological polar surface area (TPSA) is 30.0 Å². The minimum atomic E-state index is -0.816. The van der Waals surface area contributed by atoms with E-state index in [1.807, 2.05) is 0 Å². The van der Waals surface area contributed by atoms with Crippen molar-refractivity contribution in [3.63, 3.8) is 0 Å². The lowest BCUT2D eigenvalue weighted by Gasteiger charge is -1.88. The minimum absolute atomic E-state index is 0.147. The molecule has 0 N–H and O–H groups in total. The predicted octanol–water partition coefficient (Wildman–Crippen LogP) is 1.59. The van der Waals surface area contributed by atoms with E-state index < -0.39 is 5.83 Å². The van der Waals surface area contributed by atoms with Crippen LogP contribution in [0.15, 0.2) is 30.2 Å². The summed E-state index contributed by atoms with van der Waals surface area (Å²) in [5, 5.41) is 0. The SMILES string of the molecule is O=C/C(F)=C/c1ccccn1. The first-order valence-electron chi connectivity index (χ1n) is 3.06. The van der Waals surface area contributed by atoms with E-state index in [1.165, 1.54) is 6.20 Å². The Kier molecular flexibility index (Phi) is 2.49. The summed E-state index contributed by atoms with van der Waals surface area (Å²) < 4.78 is 12.3. The highest BCUT2D eigenvalue weighted by molar-refractivity contribution is 5.77. The minimum Gasteiger partial charge on any atom is -0.295 e. The van der Waals surface area contributed by atoms with Crippen molar-refractivity contribution >= 4 is 12.4 Å². The molecule has 0 saturated heterocycles. The molecule has 1 aromatic rings. The second-order valence-corrected chi connectivity index (χ2v) is 1.90. The molecule has 56 valence electrons. The standard InChI is InChI=1S/C8H6FNO/c9-7(6-11)5-8-3-1-2-4-10-8/h1-6H/b7-5-. The molecule has 0 aliphatic rings. The van der Waals surface area contributed by atoms with Crippen LogP contribution in [0.1, 0.15) is 5.69 Å². The second kappa shape index (κ2) is 3.61. The molecule has 0 bridgehead atoms. The third kappa shape index (κ3) is 2.29. The first kappa shape index (κ1) is 7.60. The van der Waals surface area contributed by atoms with Gasteiger partial charge in [-0.3, -0.25) is 9.78 Å². The maximum Gasteiger partial charge on any atom is 0.178 e. The highest BCUT2D eigenvalue weighted by Gasteiger charge is 1.91. The Labute approximate surface area is 63.4 Å². The lowest BCUT2D eigenvalue weighted by molar-refractivity contribution is -0.106. The van der Waals surface area contributed by atoms with Crippen LogP contribution in [-0.4, -0.2) is 11.3 Å². The van der Waals surface area contributed by atoms with E-state index in [0.29, 0.717) is 5.69 Å². The summed E-state index contributed by atoms with van der Waals surface area (Å²) in [4.78, 5) is 13.6. The molecule has 0 aliphatic heterocycles. The number of aromatic nitrogens is 1. The van der Waals surface area contributed by atoms with E-state index in [0.717, 1.165) is 6.08 Å². The van der Waals surface area contributed by atoms with Crippen molar-refractivity contribution in [2.45, 2.75) is 0 Å². The van der Waals surface area contributed by atoms with Crippen LogP contribution >= 0.6 is 0 Å². The van der Waals surface area contributed by atoms with Crippen molar-refractivity contribution in [2.75, 3.05) is 0 Å². The van der Waals surface area contributed by atoms with Gasteiger partial charge in [0.2, 0.25) is 0 Å². The number of allylic oxidation sites excluding steroid dienone is 1. The smallest absolute Gasteiger partial charge is 0.178 e. The molecule has 1 aromatic heterocycles. The van der Waals surface area contributed by atoms with E-state index in [9.17, 15) is 9.18 Å². The number of carbonyl (C=O) groups is 1. The fourth-order valence-electron chi connectivity index (χ4n) is 0.637. The summed E-state index contributed by atoms with van der Waals surface area (Å²) in [6, 6.07) is 5.05. The molecule has 3 heteroatoms. The van der Waals surface area contributed by atoms with Gasteiger partial charge in [-0.25, -0.2) is 4.39 Å². The molecule has 0 fully saturated rings. The molecule has 0 unspecified atom stereocenters. The molecule has 0 saturated carbocycles. The van der Waals surface area contributed by atoms with Gasteiger partial charge in [-0.05, 0) is 12.1 Å². The van der Waals surface area contributed by atoms with Crippen molar-refractivity contribution in [3.05, 3.63) is 35.9 Å². The molecular formula is C8H6FNO. The van der Waals surface area contributed by atoms with E-state index >= 15 is 0 Å². The zero-order chi connectivity index (χ0) is 8.10. The van der Waals surface area contributed by atoms with Gasteiger partial charge in [0.1, 0.15) is 0 Å². The van der Waals surface area contributed by atoms with Crippen LogP contribution in [0.25, 0.3) is 6.08 Å². The van der Waals surface area contributed by atoms with Gasteiger partial charge in [0.15, 0.2) is 12.1 Å². The van der Waals surface area contributed by atoms with Crippen LogP contribution in [-0.2, 0) is 4.79 Å². The van der Waals surface area contributed by atoms with Crippen LogP contribution in [0, 0.1) is 0 Å². The van der Waals surface area contributed by atoms with Crippen LogP contribution in [0.2, 0.25) is 0 Å². The van der Waals surface area contributed by atoms with Crippen LogP contribution in [0.4, 0.5) is 4.39 Å². The molecule has 0 atom stereocenters. The summed E-state index contributed by atoms with van der Waals surface area (Å²) in [6.45, 7) is 0. The van der Waals surface area contributed by atoms with Crippen LogP contribution in [0.5, 0.6) is 0 Å². The number of hydrogen-bond donors (Lipinski definition) is 0. The number of nitrogens with zero attached hydrogens (tertiary/aromatic N) is 1. The quantitative estimate of drug-likeness (QED) is 0.474. The van der Waals surface area contributed by atoms with Gasteiger partial charge in [0.25, 0.3) is 0 Å².